The number of anilines is 1. The van der Waals surface area contributed by atoms with E-state index in [0.29, 0.717) is 23.7 Å². The molecule has 0 aliphatic carbocycles. The van der Waals surface area contributed by atoms with E-state index in [0.717, 1.165) is 24.8 Å². The second-order valence-corrected chi connectivity index (χ2v) is 5.65. The average molecular weight is 324 g/mol. The molecule has 0 unspecified atom stereocenters. The molecule has 6 heteroatoms. The number of imidazole rings is 1. The lowest BCUT2D eigenvalue weighted by molar-refractivity contribution is -0.116. The minimum Gasteiger partial charge on any atom is -0.508 e. The summed E-state index contributed by atoms with van der Waals surface area (Å²) in [6.45, 7) is 2.11. The number of carbonyl (C=O) groups is 1. The summed E-state index contributed by atoms with van der Waals surface area (Å²) in [5.74, 6) is 1.18. The number of benzene rings is 1. The second kappa shape index (κ2) is 7.12. The van der Waals surface area contributed by atoms with Crippen molar-refractivity contribution in [2.45, 2.75) is 32.6 Å². The van der Waals surface area contributed by atoms with Crippen LogP contribution in [0.2, 0.25) is 0 Å². The number of nitrogens with one attached hydrogen (secondary N) is 1. The number of aromatic hydroxyl groups is 1. The van der Waals surface area contributed by atoms with Crippen molar-refractivity contribution in [1.82, 2.24) is 14.4 Å². The molecule has 0 spiro atoms. The van der Waals surface area contributed by atoms with Crippen LogP contribution in [0.1, 0.15) is 32.6 Å². The van der Waals surface area contributed by atoms with Crippen molar-refractivity contribution in [3.63, 3.8) is 0 Å². The highest BCUT2D eigenvalue weighted by molar-refractivity contribution is 5.94. The molecule has 2 heterocycles. The molecule has 2 N–H and O–H groups in total. The van der Waals surface area contributed by atoms with Crippen LogP contribution in [0.3, 0.4) is 0 Å². The summed E-state index contributed by atoms with van der Waals surface area (Å²) in [5, 5.41) is 12.7. The van der Waals surface area contributed by atoms with Crippen molar-refractivity contribution in [3.8, 4) is 17.0 Å². The maximum absolute atomic E-state index is 12.3. The molecule has 0 saturated carbocycles. The van der Waals surface area contributed by atoms with E-state index in [-0.39, 0.29) is 11.7 Å². The Hall–Kier alpha value is -2.89. The van der Waals surface area contributed by atoms with Crippen molar-refractivity contribution in [2.24, 2.45) is 0 Å². The first kappa shape index (κ1) is 16.0. The van der Waals surface area contributed by atoms with E-state index in [1.54, 1.807) is 34.9 Å². The number of fused-ring (bicyclic) bond motifs is 1. The van der Waals surface area contributed by atoms with Gasteiger partial charge < -0.3 is 10.4 Å². The SMILES string of the molecule is CCCCCC(=O)Nc1c(-c2cccc(O)c2)nc2ncccn12. The third-order valence-corrected chi connectivity index (χ3v) is 3.79. The van der Waals surface area contributed by atoms with Gasteiger partial charge in [-0.3, -0.25) is 9.20 Å². The number of phenols is 1. The molecule has 1 aromatic carbocycles. The lowest BCUT2D eigenvalue weighted by atomic mass is 10.1. The number of phenolic OH excluding ortho intramolecular Hbond substituents is 1. The summed E-state index contributed by atoms with van der Waals surface area (Å²) >= 11 is 0. The van der Waals surface area contributed by atoms with Gasteiger partial charge in [-0.1, -0.05) is 31.9 Å². The van der Waals surface area contributed by atoms with Gasteiger partial charge in [-0.25, -0.2) is 9.97 Å². The molecule has 0 fully saturated rings. The topological polar surface area (TPSA) is 79.5 Å². The summed E-state index contributed by atoms with van der Waals surface area (Å²) < 4.78 is 1.75. The molecule has 24 heavy (non-hydrogen) atoms. The Morgan fingerprint density at radius 3 is 2.96 bits per heavy atom. The van der Waals surface area contributed by atoms with E-state index < -0.39 is 0 Å². The fraction of sp³-hybridized carbons (Fsp3) is 0.278. The predicted molar refractivity (Wildman–Crippen MR) is 92.9 cm³/mol. The quantitative estimate of drug-likeness (QED) is 0.679. The second-order valence-electron chi connectivity index (χ2n) is 5.65. The van der Waals surface area contributed by atoms with Crippen molar-refractivity contribution in [3.05, 3.63) is 42.7 Å². The van der Waals surface area contributed by atoms with Crippen molar-refractivity contribution in [2.75, 3.05) is 5.32 Å². The first-order valence-electron chi connectivity index (χ1n) is 8.11. The minimum absolute atomic E-state index is 0.0458. The van der Waals surface area contributed by atoms with Crippen LogP contribution in [0, 0.1) is 0 Å². The predicted octanol–water partition coefficient (Wildman–Crippen LogP) is 3.62. The molecule has 3 aromatic rings. The Balaban J connectivity index is 1.98. The van der Waals surface area contributed by atoms with E-state index >= 15 is 0 Å². The van der Waals surface area contributed by atoms with Crippen LogP contribution >= 0.6 is 0 Å². The van der Waals surface area contributed by atoms with Gasteiger partial charge >= 0.3 is 0 Å². The van der Waals surface area contributed by atoms with E-state index in [1.807, 2.05) is 12.3 Å². The lowest BCUT2D eigenvalue weighted by Gasteiger charge is -2.07. The normalized spacial score (nSPS) is 10.9. The van der Waals surface area contributed by atoms with Crippen LogP contribution in [0.4, 0.5) is 5.82 Å². The zero-order valence-electron chi connectivity index (χ0n) is 13.6. The number of hydrogen-bond acceptors (Lipinski definition) is 4. The molecule has 0 saturated heterocycles. The smallest absolute Gasteiger partial charge is 0.235 e. The average Bonchev–Trinajstić information content (AvgIpc) is 2.94. The third kappa shape index (κ3) is 3.37. The third-order valence-electron chi connectivity index (χ3n) is 3.79. The van der Waals surface area contributed by atoms with E-state index in [1.165, 1.54) is 0 Å². The van der Waals surface area contributed by atoms with Gasteiger partial charge in [0.25, 0.3) is 0 Å². The van der Waals surface area contributed by atoms with Gasteiger partial charge in [0.1, 0.15) is 17.3 Å². The van der Waals surface area contributed by atoms with Gasteiger partial charge in [0.2, 0.25) is 11.7 Å². The Morgan fingerprint density at radius 2 is 2.17 bits per heavy atom. The van der Waals surface area contributed by atoms with Crippen LogP contribution in [-0.4, -0.2) is 25.4 Å². The first-order chi connectivity index (χ1) is 11.7. The molecular weight excluding hydrogens is 304 g/mol. The number of carbonyl (C=O) groups excluding carboxylic acids is 1. The number of amides is 1. The molecule has 0 aliphatic heterocycles. The number of aromatic nitrogens is 3. The molecule has 0 bridgehead atoms. The van der Waals surface area contributed by atoms with Gasteiger partial charge in [-0.2, -0.15) is 0 Å². The van der Waals surface area contributed by atoms with Crippen LogP contribution in [0.25, 0.3) is 17.0 Å². The first-order valence-corrected chi connectivity index (χ1v) is 8.11. The van der Waals surface area contributed by atoms with E-state index in [2.05, 4.69) is 22.2 Å². The highest BCUT2D eigenvalue weighted by Crippen LogP contribution is 2.30. The van der Waals surface area contributed by atoms with Crippen molar-refractivity contribution in [1.29, 1.82) is 0 Å². The maximum Gasteiger partial charge on any atom is 0.235 e. The van der Waals surface area contributed by atoms with Gasteiger partial charge in [-0.05, 0) is 24.6 Å². The molecule has 124 valence electrons. The Kier molecular flexibility index (Phi) is 4.74. The monoisotopic (exact) mass is 324 g/mol. The summed E-state index contributed by atoms with van der Waals surface area (Å²) in [6.07, 6.45) is 6.90. The van der Waals surface area contributed by atoms with Crippen LogP contribution < -0.4 is 5.32 Å². The van der Waals surface area contributed by atoms with E-state index in [4.69, 9.17) is 0 Å². The van der Waals surface area contributed by atoms with Crippen molar-refractivity contribution < 1.29 is 9.90 Å². The molecule has 0 atom stereocenters. The van der Waals surface area contributed by atoms with Gasteiger partial charge in [0.15, 0.2) is 0 Å². The molecule has 2 aromatic heterocycles. The number of hydrogen-bond donors (Lipinski definition) is 2. The highest BCUT2D eigenvalue weighted by Gasteiger charge is 2.17. The van der Waals surface area contributed by atoms with Crippen LogP contribution in [0.15, 0.2) is 42.7 Å². The summed E-state index contributed by atoms with van der Waals surface area (Å²) in [4.78, 5) is 21.0. The number of rotatable bonds is 6. The maximum atomic E-state index is 12.3. The number of nitrogens with zero attached hydrogens (tertiary/aromatic N) is 3. The highest BCUT2D eigenvalue weighted by atomic mass is 16.3. The zero-order chi connectivity index (χ0) is 16.9. The molecule has 3 rings (SSSR count). The molecular formula is C18H20N4O2. The largest absolute Gasteiger partial charge is 0.508 e. The van der Waals surface area contributed by atoms with E-state index in [9.17, 15) is 9.90 Å². The Morgan fingerprint density at radius 1 is 1.29 bits per heavy atom. The molecule has 0 aliphatic rings. The standard InChI is InChI=1S/C18H20N4O2/c1-2-3-4-9-15(24)20-17-16(13-7-5-8-14(23)12-13)21-18-19-10-6-11-22(17)18/h5-8,10-12,23H,2-4,9H2,1H3,(H,20,24). The van der Waals surface area contributed by atoms with Crippen LogP contribution in [-0.2, 0) is 4.79 Å². The van der Waals surface area contributed by atoms with Gasteiger partial charge in [0, 0.05) is 24.4 Å². The summed E-state index contributed by atoms with van der Waals surface area (Å²) in [5.41, 5.74) is 1.32. The summed E-state index contributed by atoms with van der Waals surface area (Å²) in [6, 6.07) is 8.59. The molecule has 1 amide bonds. The fourth-order valence-electron chi connectivity index (χ4n) is 2.59. The van der Waals surface area contributed by atoms with Crippen LogP contribution in [0.5, 0.6) is 5.75 Å². The molecule has 0 radical (unpaired) electrons. The zero-order valence-corrected chi connectivity index (χ0v) is 13.6. The minimum atomic E-state index is -0.0458. The van der Waals surface area contributed by atoms with Crippen molar-refractivity contribution >= 4 is 17.5 Å². The summed E-state index contributed by atoms with van der Waals surface area (Å²) in [7, 11) is 0. The van der Waals surface area contributed by atoms with Gasteiger partial charge in [0.05, 0.1) is 0 Å². The lowest BCUT2D eigenvalue weighted by Crippen LogP contribution is -2.13. The molecule has 6 nitrogen and oxygen atoms in total. The number of unbranched alkanes of at least 4 members (excludes halogenated alkanes) is 2. The fourth-order valence-corrected chi connectivity index (χ4v) is 2.59. The Bertz CT molecular complexity index is 857. The Labute approximate surface area is 140 Å². The van der Waals surface area contributed by atoms with Gasteiger partial charge in [-0.15, -0.1) is 0 Å².